The predicted octanol–water partition coefficient (Wildman–Crippen LogP) is 7.90. The molecule has 6 rings (SSSR count). The van der Waals surface area contributed by atoms with Gasteiger partial charge in [-0.05, 0) is 81.3 Å². The Hall–Kier alpha value is -8.20. The van der Waals surface area contributed by atoms with Gasteiger partial charge in [0.05, 0.1) is 22.7 Å². The third-order valence-corrected chi connectivity index (χ3v) is 13.4. The van der Waals surface area contributed by atoms with E-state index in [9.17, 15) is 46.4 Å². The summed E-state index contributed by atoms with van der Waals surface area (Å²) >= 11 is 0. The largest absolute Gasteiger partial charge is 0.507 e. The Morgan fingerprint density at radius 2 is 0.795 bits per heavy atom. The molecule has 0 amide bonds. The molecular weight excluding hydrogens is 1040 g/mol. The molecule has 78 heavy (non-hydrogen) atoms. The molecule has 0 radical (unpaired) electrons. The number of nitrogens with one attached hydrogen (secondary N) is 6. The maximum atomic E-state index is 12.9. The highest BCUT2D eigenvalue weighted by molar-refractivity contribution is 7.86. The molecule has 0 atom stereocenters. The van der Waals surface area contributed by atoms with Crippen molar-refractivity contribution in [2.45, 2.75) is 115 Å². The van der Waals surface area contributed by atoms with E-state index >= 15 is 0 Å². The molecular formula is C52H66N14O10S2. The lowest BCUT2D eigenvalue weighted by Gasteiger charge is -2.27. The summed E-state index contributed by atoms with van der Waals surface area (Å²) in [7, 11) is -7.32. The van der Waals surface area contributed by atoms with Crippen molar-refractivity contribution in [3.8, 4) is 11.5 Å². The molecule has 2 heterocycles. The van der Waals surface area contributed by atoms with E-state index in [0.717, 1.165) is 12.1 Å². The van der Waals surface area contributed by atoms with Crippen LogP contribution in [0.4, 0.5) is 34.6 Å². The van der Waals surface area contributed by atoms with Gasteiger partial charge in [0, 0.05) is 36.3 Å². The Morgan fingerprint density at radius 1 is 0.487 bits per heavy atom. The van der Waals surface area contributed by atoms with Crippen LogP contribution >= 0.6 is 0 Å². The molecule has 0 aliphatic carbocycles. The first-order chi connectivity index (χ1) is 35.9. The Bertz CT molecular complexity index is 3610. The number of nitrogens with zero attached hydrogens (tertiary/aromatic N) is 8. The van der Waals surface area contributed by atoms with Crippen LogP contribution in [0.1, 0.15) is 116 Å². The Balaban J connectivity index is 1.45. The molecule has 12 N–H and O–H groups in total. The second-order valence-corrected chi connectivity index (χ2v) is 24.8. The zero-order valence-corrected chi connectivity index (χ0v) is 47.3. The fourth-order valence-electron chi connectivity index (χ4n) is 7.73. The van der Waals surface area contributed by atoms with Gasteiger partial charge in [0.1, 0.15) is 21.3 Å². The van der Waals surface area contributed by atoms with Crippen LogP contribution in [0.25, 0.3) is 12.2 Å². The van der Waals surface area contributed by atoms with Crippen LogP contribution in [-0.2, 0) is 41.9 Å². The third kappa shape index (κ3) is 14.8. The lowest BCUT2D eigenvalue weighted by atomic mass is 9.79. The maximum absolute atomic E-state index is 12.9. The van der Waals surface area contributed by atoms with Crippen molar-refractivity contribution in [3.05, 3.63) is 117 Å². The topological polar surface area (TPSA) is 377 Å². The highest BCUT2D eigenvalue weighted by Gasteiger charge is 2.28. The fourth-order valence-corrected chi connectivity index (χ4v) is 9.13. The lowest BCUT2D eigenvalue weighted by Crippen LogP contribution is -2.30. The molecule has 0 spiro atoms. The number of benzene rings is 4. The van der Waals surface area contributed by atoms with Gasteiger partial charge in [-0.3, -0.25) is 39.7 Å². The van der Waals surface area contributed by atoms with E-state index in [2.05, 4.69) is 60.5 Å². The zero-order chi connectivity index (χ0) is 58.1. The number of aliphatic imine (C=N–C) groups is 2. The van der Waals surface area contributed by atoms with Gasteiger partial charge < -0.3 is 20.4 Å². The number of H-pyrrole nitrogens is 4. The molecule has 0 fully saturated rings. The smallest absolute Gasteiger partial charge is 0.295 e. The molecule has 26 heteroatoms. The quantitative estimate of drug-likeness (QED) is 0.0269. The van der Waals surface area contributed by atoms with Crippen molar-refractivity contribution in [2.75, 3.05) is 24.7 Å². The summed E-state index contributed by atoms with van der Waals surface area (Å²) in [6.07, 6.45) is 2.40. The Morgan fingerprint density at radius 3 is 1.06 bits per heavy atom. The molecule has 0 bridgehead atoms. The molecule has 0 saturated heterocycles. The summed E-state index contributed by atoms with van der Waals surface area (Å²) in [5.74, 6) is 0.116. The molecule has 4 aromatic carbocycles. The monoisotopic (exact) mass is 1110 g/mol. The fraction of sp³-hybridized carbons (Fsp3) is 0.346. The number of hydrogen-bond donors (Lipinski definition) is 12. The number of aliphatic hydroxyl groups is 2. The van der Waals surface area contributed by atoms with Crippen LogP contribution in [0.3, 0.4) is 0 Å². The summed E-state index contributed by atoms with van der Waals surface area (Å²) in [6.45, 7) is 23.5. The average molecular weight is 1110 g/mol. The second-order valence-electron chi connectivity index (χ2n) is 22.1. The van der Waals surface area contributed by atoms with E-state index < -0.39 is 63.7 Å². The van der Waals surface area contributed by atoms with Gasteiger partial charge in [0.25, 0.3) is 32.3 Å². The van der Waals surface area contributed by atoms with Crippen molar-refractivity contribution in [2.24, 2.45) is 30.0 Å². The number of aromatic amines is 4. The van der Waals surface area contributed by atoms with Crippen LogP contribution in [0, 0.1) is 0 Å². The lowest BCUT2D eigenvalue weighted by molar-refractivity contribution is 0.422. The van der Waals surface area contributed by atoms with E-state index in [-0.39, 0.29) is 68.4 Å². The normalized spacial score (nSPS) is 14.5. The Labute approximate surface area is 450 Å². The summed E-state index contributed by atoms with van der Waals surface area (Å²) in [5, 5.41) is 48.2. The highest BCUT2D eigenvalue weighted by atomic mass is 32.2. The SMILES string of the molecule is CN=C(O)Nc1nc(=Nc2ccc(/C=C/c3ccc(N=c4nc(NC(O)=NC)[nH]c(=Nc5cc(C(C)(C)C)c(O)c(C(C)(C)C)c5)[nH]4)cc3S(=O)(=O)O)c(S(=O)(=O)O)c2)[nH]c(=Nc2cc(C(C)(C)C)c(O)c(C(C)(C)C)c2)[nH]1. The standard InChI is InChI=1S/C52H66N14O10S2/c1-49(2,3)33-21-31(22-34(39(33)67)50(4,5)6)57-43-59-41(61-45(63-43)65-47(69)53-13)55-29-19-17-27(37(25-29)77(71,72)73)15-16-28-18-20-30(26-38(28)78(74,75)76)56-42-60-44(64-46(62-42)66-48(70)54-14)58-32-23-35(51(7,8)9)40(68)36(24-32)52(10,11)12/h15-26,67-68H,1-14H3,(H,71,72,73)(H,74,75,76)(H4,53,55,57,59,61,63,65,69)(H4,54,56,58,60,62,64,66,70)/b16-15+. The zero-order valence-electron chi connectivity index (χ0n) is 45.6. The molecule has 24 nitrogen and oxygen atoms in total. The van der Waals surface area contributed by atoms with Gasteiger partial charge in [-0.25, -0.2) is 30.0 Å². The number of hydrogen-bond acceptors (Lipinski definition) is 14. The first-order valence-electron chi connectivity index (χ1n) is 24.1. The number of aromatic hydroxyl groups is 2. The minimum atomic E-state index is -4.99. The molecule has 0 aliphatic rings. The molecule has 0 unspecified atom stereocenters. The van der Waals surface area contributed by atoms with E-state index in [1.807, 2.05) is 83.1 Å². The van der Waals surface area contributed by atoms with Crippen LogP contribution in [0.5, 0.6) is 11.5 Å². The second kappa shape index (κ2) is 22.0. The van der Waals surface area contributed by atoms with Gasteiger partial charge in [0.2, 0.25) is 34.4 Å². The van der Waals surface area contributed by atoms with Crippen LogP contribution in [0.15, 0.2) is 100 Å². The van der Waals surface area contributed by atoms with Crippen LogP contribution < -0.4 is 33.1 Å². The number of phenolic OH excluding ortho intramolecular Hbond substituents is 2. The van der Waals surface area contributed by atoms with E-state index in [1.54, 1.807) is 24.3 Å². The summed E-state index contributed by atoms with van der Waals surface area (Å²) in [5.41, 5.74) is 1.03. The van der Waals surface area contributed by atoms with Crippen molar-refractivity contribution < 1.29 is 46.4 Å². The molecule has 0 saturated carbocycles. The molecule has 0 aliphatic heterocycles. The minimum absolute atomic E-state index is 0.0397. The third-order valence-electron chi connectivity index (χ3n) is 11.6. The Kier molecular flexibility index (Phi) is 16.7. The number of rotatable bonds is 10. The van der Waals surface area contributed by atoms with E-state index in [1.165, 1.54) is 50.5 Å². The van der Waals surface area contributed by atoms with Crippen LogP contribution in [-0.4, -0.2) is 102 Å². The van der Waals surface area contributed by atoms with Gasteiger partial charge >= 0.3 is 0 Å². The number of aromatic nitrogens is 6. The predicted molar refractivity (Wildman–Crippen MR) is 298 cm³/mol. The number of amidine groups is 2. The van der Waals surface area contributed by atoms with Crippen molar-refractivity contribution >= 4 is 79.1 Å². The summed E-state index contributed by atoms with van der Waals surface area (Å²) in [6, 6.07) is 13.3. The van der Waals surface area contributed by atoms with Gasteiger partial charge in [-0.2, -0.15) is 26.8 Å². The number of phenols is 2. The number of aliphatic hydroxyl groups excluding tert-OH is 2. The first-order valence-corrected chi connectivity index (χ1v) is 26.9. The minimum Gasteiger partial charge on any atom is -0.507 e. The maximum Gasteiger partial charge on any atom is 0.295 e. The summed E-state index contributed by atoms with van der Waals surface area (Å²) in [4.78, 5) is 44.8. The van der Waals surface area contributed by atoms with Crippen molar-refractivity contribution in [3.63, 3.8) is 0 Å². The average Bonchev–Trinajstić information content (AvgIpc) is 3.30. The highest BCUT2D eigenvalue weighted by Crippen LogP contribution is 2.43. The van der Waals surface area contributed by atoms with Gasteiger partial charge in [-0.1, -0.05) is 107 Å². The molecule has 6 aromatic rings. The van der Waals surface area contributed by atoms with E-state index in [4.69, 9.17) is 9.98 Å². The molecule has 416 valence electrons. The van der Waals surface area contributed by atoms with Gasteiger partial charge in [-0.15, -0.1) is 0 Å². The van der Waals surface area contributed by atoms with Gasteiger partial charge in [0.15, 0.2) is 0 Å². The van der Waals surface area contributed by atoms with Crippen molar-refractivity contribution in [1.29, 1.82) is 0 Å². The number of anilines is 2. The van der Waals surface area contributed by atoms with Crippen molar-refractivity contribution in [1.82, 2.24) is 29.9 Å². The molecule has 2 aromatic heterocycles. The first kappa shape index (κ1) is 59.1. The van der Waals surface area contributed by atoms with E-state index in [0.29, 0.717) is 33.6 Å². The summed E-state index contributed by atoms with van der Waals surface area (Å²) < 4.78 is 72.5. The van der Waals surface area contributed by atoms with Crippen LogP contribution in [0.2, 0.25) is 0 Å².